The summed E-state index contributed by atoms with van der Waals surface area (Å²) in [7, 11) is 0. The highest BCUT2D eigenvalue weighted by atomic mass is 16.5. The molecule has 0 aromatic heterocycles. The third-order valence-corrected chi connectivity index (χ3v) is 5.72. The predicted molar refractivity (Wildman–Crippen MR) is 91.2 cm³/mol. The molecule has 0 N–H and O–H groups in total. The summed E-state index contributed by atoms with van der Waals surface area (Å²) in [5.41, 5.74) is 0. The van der Waals surface area contributed by atoms with Crippen LogP contribution >= 0.6 is 0 Å². The van der Waals surface area contributed by atoms with Crippen molar-refractivity contribution in [2.24, 2.45) is 11.8 Å². The molecule has 0 spiro atoms. The van der Waals surface area contributed by atoms with Crippen LogP contribution in [0.1, 0.15) is 89.9 Å². The SMILES string of the molecule is [CH2]CCCCCCCCCCCOC1CC2CCC1C([O])C2. The fourth-order valence-electron chi connectivity index (χ4n) is 4.32. The van der Waals surface area contributed by atoms with E-state index < -0.39 is 0 Å². The van der Waals surface area contributed by atoms with E-state index >= 15 is 0 Å². The quantitative estimate of drug-likeness (QED) is 0.423. The molecule has 22 heavy (non-hydrogen) atoms. The summed E-state index contributed by atoms with van der Waals surface area (Å²) in [6.07, 6.45) is 17.6. The van der Waals surface area contributed by atoms with Crippen molar-refractivity contribution >= 4 is 0 Å². The maximum absolute atomic E-state index is 12.0. The van der Waals surface area contributed by atoms with Crippen molar-refractivity contribution in [2.75, 3.05) is 6.61 Å². The van der Waals surface area contributed by atoms with E-state index in [-0.39, 0.29) is 6.10 Å². The van der Waals surface area contributed by atoms with Crippen LogP contribution < -0.4 is 0 Å². The van der Waals surface area contributed by atoms with Crippen LogP contribution in [0.15, 0.2) is 0 Å². The van der Waals surface area contributed by atoms with Crippen molar-refractivity contribution in [3.8, 4) is 0 Å². The molecule has 3 fully saturated rings. The van der Waals surface area contributed by atoms with Crippen LogP contribution in [0, 0.1) is 18.8 Å². The largest absolute Gasteiger partial charge is 0.378 e. The van der Waals surface area contributed by atoms with E-state index in [9.17, 15) is 5.11 Å². The van der Waals surface area contributed by atoms with Crippen molar-refractivity contribution in [1.29, 1.82) is 0 Å². The van der Waals surface area contributed by atoms with Gasteiger partial charge in [0.15, 0.2) is 0 Å². The Hall–Kier alpha value is -0.0800. The first-order valence-electron chi connectivity index (χ1n) is 9.88. The van der Waals surface area contributed by atoms with Crippen molar-refractivity contribution in [1.82, 2.24) is 0 Å². The first-order chi connectivity index (χ1) is 10.8. The van der Waals surface area contributed by atoms with Crippen LogP contribution in [0.3, 0.4) is 0 Å². The Kier molecular flexibility index (Phi) is 8.84. The van der Waals surface area contributed by atoms with Gasteiger partial charge in [0.1, 0.15) is 0 Å². The Balaban J connectivity index is 1.39. The molecular weight excluding hydrogens is 272 g/mol. The minimum Gasteiger partial charge on any atom is -0.378 e. The molecule has 4 atom stereocenters. The molecule has 0 aromatic rings. The van der Waals surface area contributed by atoms with Crippen LogP contribution in [0.5, 0.6) is 0 Å². The maximum Gasteiger partial charge on any atom is 0.0985 e. The average molecular weight is 309 g/mol. The lowest BCUT2D eigenvalue weighted by molar-refractivity contribution is -0.131. The van der Waals surface area contributed by atoms with E-state index in [1.807, 2.05) is 0 Å². The number of fused-ring (bicyclic) bond motifs is 3. The van der Waals surface area contributed by atoms with Crippen molar-refractivity contribution in [3.63, 3.8) is 0 Å². The third-order valence-electron chi connectivity index (χ3n) is 5.72. The lowest BCUT2D eigenvalue weighted by Gasteiger charge is -2.44. The number of hydrogen-bond donors (Lipinski definition) is 0. The first-order valence-corrected chi connectivity index (χ1v) is 9.88. The van der Waals surface area contributed by atoms with Crippen LogP contribution in [-0.4, -0.2) is 18.8 Å². The van der Waals surface area contributed by atoms with E-state index in [0.29, 0.717) is 17.9 Å². The third kappa shape index (κ3) is 6.20. The number of rotatable bonds is 12. The maximum atomic E-state index is 12.0. The van der Waals surface area contributed by atoms with Gasteiger partial charge in [0, 0.05) is 12.5 Å². The van der Waals surface area contributed by atoms with E-state index in [1.165, 1.54) is 64.2 Å². The minimum atomic E-state index is -0.332. The highest BCUT2D eigenvalue weighted by Crippen LogP contribution is 2.43. The van der Waals surface area contributed by atoms with E-state index in [2.05, 4.69) is 6.92 Å². The summed E-state index contributed by atoms with van der Waals surface area (Å²) < 4.78 is 6.05. The molecule has 3 saturated carbocycles. The summed E-state index contributed by atoms with van der Waals surface area (Å²) in [6, 6.07) is 0. The van der Waals surface area contributed by atoms with Gasteiger partial charge in [-0.3, -0.25) is 0 Å². The lowest BCUT2D eigenvalue weighted by atomic mass is 9.67. The van der Waals surface area contributed by atoms with Gasteiger partial charge in [-0.05, 0) is 38.0 Å². The molecule has 3 rings (SSSR count). The smallest absolute Gasteiger partial charge is 0.0985 e. The molecule has 2 bridgehead atoms. The molecule has 2 heteroatoms. The minimum absolute atomic E-state index is 0.294. The molecular formula is C20H36O2. The van der Waals surface area contributed by atoms with Crippen molar-refractivity contribution < 1.29 is 9.84 Å². The Morgan fingerprint density at radius 3 is 2.05 bits per heavy atom. The second kappa shape index (κ2) is 10.6. The zero-order chi connectivity index (χ0) is 15.6. The van der Waals surface area contributed by atoms with Crippen molar-refractivity contribution in [2.45, 2.75) is 102 Å². The Bertz CT molecular complexity index is 279. The van der Waals surface area contributed by atoms with Crippen molar-refractivity contribution in [3.05, 3.63) is 6.92 Å². The Morgan fingerprint density at radius 1 is 0.818 bits per heavy atom. The summed E-state index contributed by atoms with van der Waals surface area (Å²) in [5, 5.41) is 12.0. The van der Waals surface area contributed by atoms with Crippen LogP contribution in [-0.2, 0) is 9.84 Å². The van der Waals surface area contributed by atoms with Gasteiger partial charge >= 0.3 is 0 Å². The first kappa shape index (κ1) is 18.3. The summed E-state index contributed by atoms with van der Waals surface area (Å²) in [6.45, 7) is 4.76. The van der Waals surface area contributed by atoms with Gasteiger partial charge < -0.3 is 4.74 Å². The van der Waals surface area contributed by atoms with Gasteiger partial charge in [0.25, 0.3) is 0 Å². The number of unbranched alkanes of at least 4 members (excludes halogenated alkanes) is 9. The van der Waals surface area contributed by atoms with Gasteiger partial charge in [-0.2, -0.15) is 0 Å². The molecule has 0 aromatic carbocycles. The number of ether oxygens (including phenoxy) is 1. The fraction of sp³-hybridized carbons (Fsp3) is 0.950. The molecule has 128 valence electrons. The molecule has 3 aliphatic carbocycles. The standard InChI is InChI=1S/C20H36O2/c1-2-3-4-5-6-7-8-9-10-11-14-22-20-16-17-12-13-18(20)19(21)15-17/h17-20H,1-16H2. The van der Waals surface area contributed by atoms with Gasteiger partial charge in [-0.25, -0.2) is 5.11 Å². The summed E-state index contributed by atoms with van der Waals surface area (Å²) in [5.74, 6) is 0.990. The normalized spacial score (nSPS) is 30.8. The second-order valence-corrected chi connectivity index (χ2v) is 7.56. The fourth-order valence-corrected chi connectivity index (χ4v) is 4.32. The Labute approximate surface area is 138 Å². The summed E-state index contributed by atoms with van der Waals surface area (Å²) >= 11 is 0. The molecule has 0 amide bonds. The van der Waals surface area contributed by atoms with Gasteiger partial charge in [-0.1, -0.05) is 64.7 Å². The molecule has 0 heterocycles. The molecule has 0 saturated heterocycles. The molecule has 2 nitrogen and oxygen atoms in total. The van der Waals surface area contributed by atoms with E-state index in [4.69, 9.17) is 4.74 Å². The zero-order valence-corrected chi connectivity index (χ0v) is 14.4. The van der Waals surface area contributed by atoms with Crippen LogP contribution in [0.25, 0.3) is 0 Å². The Morgan fingerprint density at radius 2 is 1.45 bits per heavy atom. The monoisotopic (exact) mass is 308 g/mol. The molecule has 2 radical (unpaired) electrons. The zero-order valence-electron chi connectivity index (χ0n) is 14.4. The summed E-state index contributed by atoms with van der Waals surface area (Å²) in [4.78, 5) is 0. The molecule has 3 aliphatic rings. The lowest BCUT2D eigenvalue weighted by Crippen LogP contribution is -2.45. The predicted octanol–water partition coefficient (Wildman–Crippen LogP) is 5.73. The average Bonchev–Trinajstić information content (AvgIpc) is 2.53. The van der Waals surface area contributed by atoms with Gasteiger partial charge in [0.2, 0.25) is 0 Å². The number of hydrogen-bond acceptors (Lipinski definition) is 1. The highest BCUT2D eigenvalue weighted by Gasteiger charge is 2.42. The second-order valence-electron chi connectivity index (χ2n) is 7.56. The van der Waals surface area contributed by atoms with Gasteiger partial charge in [0.05, 0.1) is 12.2 Å². The van der Waals surface area contributed by atoms with Crippen LogP contribution in [0.2, 0.25) is 0 Å². The van der Waals surface area contributed by atoms with E-state index in [0.717, 1.165) is 32.3 Å². The molecule has 4 unspecified atom stereocenters. The highest BCUT2D eigenvalue weighted by molar-refractivity contribution is 4.92. The van der Waals surface area contributed by atoms with Crippen LogP contribution in [0.4, 0.5) is 0 Å². The van der Waals surface area contributed by atoms with E-state index in [1.54, 1.807) is 0 Å². The topological polar surface area (TPSA) is 29.1 Å². The van der Waals surface area contributed by atoms with Gasteiger partial charge in [-0.15, -0.1) is 0 Å². The molecule has 0 aliphatic heterocycles.